The Bertz CT molecular complexity index is 260. The second-order valence-corrected chi connectivity index (χ2v) is 2.38. The quantitative estimate of drug-likeness (QED) is 0.594. The maximum Gasteiger partial charge on any atom is 0.435 e. The molecule has 0 radical (unpaired) electrons. The van der Waals surface area contributed by atoms with Gasteiger partial charge in [0.15, 0.2) is 0 Å². The van der Waals surface area contributed by atoms with Crippen molar-refractivity contribution in [2.45, 2.75) is 18.0 Å². The number of carboxylic acids is 1. The van der Waals surface area contributed by atoms with E-state index in [1.54, 1.807) is 0 Å². The molecule has 0 rings (SSSR count). The molecule has 88 valence electrons. The molecule has 0 aliphatic heterocycles. The van der Waals surface area contributed by atoms with Crippen molar-refractivity contribution in [3.63, 3.8) is 0 Å². The van der Waals surface area contributed by atoms with E-state index in [1.807, 2.05) is 0 Å². The van der Waals surface area contributed by atoms with E-state index in [2.05, 4.69) is 0 Å². The highest BCUT2D eigenvalue weighted by Crippen LogP contribution is 2.46. The highest BCUT2D eigenvalue weighted by atomic mass is 19.4. The topological polar surface area (TPSA) is 37.3 Å². The van der Waals surface area contributed by atoms with Crippen LogP contribution in [0.2, 0.25) is 0 Å². The van der Waals surface area contributed by atoms with Gasteiger partial charge in [-0.25, -0.2) is 9.18 Å². The Balaban J connectivity index is 5.34. The Morgan fingerprint density at radius 1 is 0.933 bits per heavy atom. The van der Waals surface area contributed by atoms with Crippen LogP contribution in [0.3, 0.4) is 0 Å². The third-order valence-corrected chi connectivity index (χ3v) is 1.28. The van der Waals surface area contributed by atoms with Crippen molar-refractivity contribution in [3.05, 3.63) is 12.2 Å². The van der Waals surface area contributed by atoms with Gasteiger partial charge in [0.25, 0.3) is 0 Å². The van der Waals surface area contributed by atoms with Crippen molar-refractivity contribution >= 4 is 5.97 Å². The number of carbonyl (C=O) groups is 1. The zero-order valence-electron chi connectivity index (χ0n) is 6.66. The first-order valence-electron chi connectivity index (χ1n) is 3.16. The summed E-state index contributed by atoms with van der Waals surface area (Å²) in [6.45, 7) is 0. The number of aliphatic carboxylic acids is 1. The summed E-state index contributed by atoms with van der Waals surface area (Å²) in [7, 11) is 0. The summed E-state index contributed by atoms with van der Waals surface area (Å²) in [4.78, 5) is 9.71. The van der Waals surface area contributed by atoms with E-state index >= 15 is 0 Å². The van der Waals surface area contributed by atoms with Crippen LogP contribution in [0.1, 0.15) is 0 Å². The molecule has 0 saturated carbocycles. The van der Waals surface area contributed by atoms with Gasteiger partial charge in [-0.1, -0.05) is 0 Å². The van der Waals surface area contributed by atoms with Crippen LogP contribution in [-0.4, -0.2) is 29.1 Å². The fourth-order valence-electron chi connectivity index (χ4n) is 0.536. The summed E-state index contributed by atoms with van der Waals surface area (Å²) < 4.78 is 82.8. The highest BCUT2D eigenvalue weighted by molar-refractivity contribution is 5.80. The molecule has 2 nitrogen and oxygen atoms in total. The SMILES string of the molecule is O=C(O)C=CC(F)(C(F)(F)F)C(F)(F)F. The van der Waals surface area contributed by atoms with Crippen molar-refractivity contribution in [1.82, 2.24) is 0 Å². The Labute approximate surface area is 78.0 Å². The van der Waals surface area contributed by atoms with Gasteiger partial charge in [0, 0.05) is 6.08 Å². The summed E-state index contributed by atoms with van der Waals surface area (Å²) >= 11 is 0. The molecular weight excluding hydrogens is 237 g/mol. The third-order valence-electron chi connectivity index (χ3n) is 1.28. The van der Waals surface area contributed by atoms with Crippen LogP contribution in [0.4, 0.5) is 30.7 Å². The number of hydrogen-bond acceptors (Lipinski definition) is 1. The summed E-state index contributed by atoms with van der Waals surface area (Å²) in [5.74, 6) is -2.12. The normalized spacial score (nSPS) is 14.6. The van der Waals surface area contributed by atoms with E-state index in [1.165, 1.54) is 0 Å². The molecule has 0 unspecified atom stereocenters. The van der Waals surface area contributed by atoms with Crippen molar-refractivity contribution in [2.24, 2.45) is 0 Å². The van der Waals surface area contributed by atoms with Crippen molar-refractivity contribution in [2.75, 3.05) is 0 Å². The van der Waals surface area contributed by atoms with E-state index in [4.69, 9.17) is 5.11 Å². The summed E-state index contributed by atoms with van der Waals surface area (Å²) in [5, 5.41) is 7.82. The van der Waals surface area contributed by atoms with Gasteiger partial charge in [-0.05, 0) is 6.08 Å². The molecule has 0 spiro atoms. The predicted octanol–water partition coefficient (Wildman–Crippen LogP) is 2.46. The number of alkyl halides is 7. The molecule has 1 N–H and O–H groups in total. The summed E-state index contributed by atoms with van der Waals surface area (Å²) in [6, 6.07) is 0. The van der Waals surface area contributed by atoms with E-state index in [0.29, 0.717) is 0 Å². The second-order valence-electron chi connectivity index (χ2n) is 2.38. The molecule has 0 amide bonds. The van der Waals surface area contributed by atoms with Crippen LogP contribution in [0, 0.1) is 0 Å². The van der Waals surface area contributed by atoms with E-state index in [-0.39, 0.29) is 0 Å². The molecule has 9 heteroatoms. The Morgan fingerprint density at radius 2 is 1.27 bits per heavy atom. The molecular formula is C6H3F7O2. The van der Waals surface area contributed by atoms with Crippen molar-refractivity contribution in [1.29, 1.82) is 0 Å². The minimum Gasteiger partial charge on any atom is -0.478 e. The van der Waals surface area contributed by atoms with Crippen LogP contribution in [0.25, 0.3) is 0 Å². The third kappa shape index (κ3) is 2.83. The zero-order chi connectivity index (χ0) is 12.5. The lowest BCUT2D eigenvalue weighted by molar-refractivity contribution is -0.322. The van der Waals surface area contributed by atoms with Crippen LogP contribution in [0.15, 0.2) is 12.2 Å². The molecule has 0 heterocycles. The molecule has 0 bridgehead atoms. The fraction of sp³-hybridized carbons (Fsp3) is 0.500. The predicted molar refractivity (Wildman–Crippen MR) is 32.7 cm³/mol. The first-order chi connectivity index (χ1) is 6.42. The Morgan fingerprint density at radius 3 is 1.47 bits per heavy atom. The number of allylic oxidation sites excluding steroid dienone is 1. The molecule has 0 aliphatic carbocycles. The van der Waals surface area contributed by atoms with Gasteiger partial charge < -0.3 is 5.11 Å². The molecule has 0 atom stereocenters. The number of halogens is 7. The number of rotatable bonds is 2. The zero-order valence-corrected chi connectivity index (χ0v) is 6.66. The van der Waals surface area contributed by atoms with Gasteiger partial charge in [-0.15, -0.1) is 0 Å². The molecule has 0 aliphatic rings. The molecule has 0 saturated heterocycles. The maximum absolute atomic E-state index is 12.6. The van der Waals surface area contributed by atoms with Gasteiger partial charge in [-0.3, -0.25) is 0 Å². The van der Waals surface area contributed by atoms with Gasteiger partial charge >= 0.3 is 24.0 Å². The Kier molecular flexibility index (Phi) is 3.39. The van der Waals surface area contributed by atoms with E-state index in [9.17, 15) is 35.5 Å². The standard InChI is InChI=1S/C6H3F7O2/c7-4(5(8,9)10,6(11,12)13)2-1-3(14)15/h1-2H,(H,14,15). The lowest BCUT2D eigenvalue weighted by Gasteiger charge is -2.26. The fourth-order valence-corrected chi connectivity index (χ4v) is 0.536. The maximum atomic E-state index is 12.6. The molecule has 0 fully saturated rings. The minimum atomic E-state index is -6.27. The monoisotopic (exact) mass is 240 g/mol. The van der Waals surface area contributed by atoms with Crippen LogP contribution in [0.5, 0.6) is 0 Å². The summed E-state index contributed by atoms with van der Waals surface area (Å²) in [5.41, 5.74) is -5.65. The van der Waals surface area contributed by atoms with Gasteiger partial charge in [-0.2, -0.15) is 26.3 Å². The second kappa shape index (κ2) is 3.70. The van der Waals surface area contributed by atoms with Gasteiger partial charge in [0.05, 0.1) is 0 Å². The van der Waals surface area contributed by atoms with Gasteiger partial charge in [0.1, 0.15) is 0 Å². The van der Waals surface area contributed by atoms with E-state index in [0.717, 1.165) is 0 Å². The Hall–Kier alpha value is -1.28. The highest BCUT2D eigenvalue weighted by Gasteiger charge is 2.71. The van der Waals surface area contributed by atoms with Crippen LogP contribution in [-0.2, 0) is 4.79 Å². The average molecular weight is 240 g/mol. The van der Waals surface area contributed by atoms with Crippen LogP contribution < -0.4 is 0 Å². The minimum absolute atomic E-state index is 0.555. The first kappa shape index (κ1) is 13.7. The van der Waals surface area contributed by atoms with Gasteiger partial charge in [0.2, 0.25) is 0 Å². The average Bonchev–Trinajstić information content (AvgIpc) is 1.95. The largest absolute Gasteiger partial charge is 0.478 e. The van der Waals surface area contributed by atoms with Crippen molar-refractivity contribution in [3.8, 4) is 0 Å². The lowest BCUT2D eigenvalue weighted by Crippen LogP contribution is -2.51. The molecule has 0 aromatic carbocycles. The molecule has 0 aromatic rings. The van der Waals surface area contributed by atoms with Crippen molar-refractivity contribution < 1.29 is 40.6 Å². The molecule has 15 heavy (non-hydrogen) atoms. The first-order valence-corrected chi connectivity index (χ1v) is 3.16. The molecule has 0 aromatic heterocycles. The lowest BCUT2D eigenvalue weighted by atomic mass is 10.0. The smallest absolute Gasteiger partial charge is 0.435 e. The van der Waals surface area contributed by atoms with Crippen LogP contribution >= 0.6 is 0 Å². The number of carboxylic acid groups (broad SMARTS) is 1. The summed E-state index contributed by atoms with van der Waals surface area (Å²) in [6.07, 6.45) is -14.2. The van der Waals surface area contributed by atoms with E-state index < -0.39 is 36.1 Å². The number of hydrogen-bond donors (Lipinski definition) is 1.